The number of carboxylic acid groups (broad SMARTS) is 2. The molecule has 0 radical (unpaired) electrons. The van der Waals surface area contributed by atoms with Gasteiger partial charge in [-0.25, -0.2) is 28.8 Å². The van der Waals surface area contributed by atoms with Crippen molar-refractivity contribution in [1.29, 1.82) is 0 Å². The predicted molar refractivity (Wildman–Crippen MR) is 127 cm³/mol. The standard InChI is InChI=1S/C25H14Cl2O10/c1-11-8-14(22(32)36-24(34)16-6-2-12(20(28)29)9-18(16)26)4-5-15(11)23(33)37-25(35)17-7-3-13(21(30)31)10-19(17)27/h2-10H,1H3,(H,28,29)(H,30,31). The Hall–Kier alpha value is -4.54. The van der Waals surface area contributed by atoms with Crippen LogP contribution in [0.25, 0.3) is 0 Å². The van der Waals surface area contributed by atoms with Crippen LogP contribution in [0.4, 0.5) is 0 Å². The lowest BCUT2D eigenvalue weighted by molar-refractivity contribution is 0.0376. The normalized spacial score (nSPS) is 10.4. The molecule has 0 saturated carbocycles. The Morgan fingerprint density at radius 3 is 1.35 bits per heavy atom. The Bertz CT molecular complexity index is 1490. The van der Waals surface area contributed by atoms with Crippen LogP contribution in [0.2, 0.25) is 10.0 Å². The summed E-state index contributed by atoms with van der Waals surface area (Å²) in [6.07, 6.45) is 0. The van der Waals surface area contributed by atoms with Gasteiger partial charge in [0.1, 0.15) is 0 Å². The summed E-state index contributed by atoms with van der Waals surface area (Å²) in [5, 5.41) is 17.5. The zero-order chi connectivity index (χ0) is 27.4. The van der Waals surface area contributed by atoms with Gasteiger partial charge < -0.3 is 19.7 Å². The Balaban J connectivity index is 1.71. The quantitative estimate of drug-likeness (QED) is 0.328. The van der Waals surface area contributed by atoms with E-state index in [1.165, 1.54) is 19.1 Å². The van der Waals surface area contributed by atoms with Crippen molar-refractivity contribution in [3.05, 3.63) is 104 Å². The second-order valence-electron chi connectivity index (χ2n) is 7.38. The Morgan fingerprint density at radius 2 is 0.946 bits per heavy atom. The summed E-state index contributed by atoms with van der Waals surface area (Å²) in [5.74, 6) is -6.90. The fraction of sp³-hybridized carbons (Fsp3) is 0.0400. The first-order valence-electron chi connectivity index (χ1n) is 10.1. The molecule has 0 heterocycles. The molecule has 12 heteroatoms. The van der Waals surface area contributed by atoms with E-state index in [2.05, 4.69) is 0 Å². The van der Waals surface area contributed by atoms with Crippen LogP contribution in [0, 0.1) is 6.92 Å². The average molecular weight is 545 g/mol. The maximum atomic E-state index is 12.5. The molecule has 0 bridgehead atoms. The van der Waals surface area contributed by atoms with Crippen LogP contribution < -0.4 is 0 Å². The van der Waals surface area contributed by atoms with Crippen molar-refractivity contribution in [2.75, 3.05) is 0 Å². The van der Waals surface area contributed by atoms with Crippen molar-refractivity contribution in [2.45, 2.75) is 6.92 Å². The van der Waals surface area contributed by atoms with E-state index in [-0.39, 0.29) is 49.0 Å². The molecule has 0 fully saturated rings. The van der Waals surface area contributed by atoms with Crippen LogP contribution in [0.3, 0.4) is 0 Å². The van der Waals surface area contributed by atoms with Gasteiger partial charge in [-0.15, -0.1) is 0 Å². The lowest BCUT2D eigenvalue weighted by Crippen LogP contribution is -2.16. The Morgan fingerprint density at radius 1 is 0.568 bits per heavy atom. The van der Waals surface area contributed by atoms with E-state index >= 15 is 0 Å². The highest BCUT2D eigenvalue weighted by atomic mass is 35.5. The molecule has 2 N–H and O–H groups in total. The van der Waals surface area contributed by atoms with E-state index in [4.69, 9.17) is 42.9 Å². The van der Waals surface area contributed by atoms with Gasteiger partial charge in [-0.2, -0.15) is 0 Å². The summed E-state index contributed by atoms with van der Waals surface area (Å²) in [6, 6.07) is 10.1. The summed E-state index contributed by atoms with van der Waals surface area (Å²) >= 11 is 11.8. The first-order chi connectivity index (χ1) is 17.4. The summed E-state index contributed by atoms with van der Waals surface area (Å²) in [7, 11) is 0. The van der Waals surface area contributed by atoms with E-state index in [0.29, 0.717) is 0 Å². The van der Waals surface area contributed by atoms with Crippen LogP contribution in [0.15, 0.2) is 54.6 Å². The minimum absolute atomic E-state index is 0.0817. The van der Waals surface area contributed by atoms with Crippen LogP contribution in [-0.2, 0) is 9.47 Å². The summed E-state index contributed by atoms with van der Waals surface area (Å²) in [5.41, 5.74) is -0.776. The number of hydrogen-bond donors (Lipinski definition) is 2. The van der Waals surface area contributed by atoms with E-state index in [0.717, 1.165) is 42.5 Å². The molecule has 0 aliphatic rings. The third-order valence-electron chi connectivity index (χ3n) is 4.92. The minimum Gasteiger partial charge on any atom is -0.478 e. The van der Waals surface area contributed by atoms with Gasteiger partial charge in [0.05, 0.1) is 43.4 Å². The molecule has 0 aliphatic carbocycles. The molecule has 0 atom stereocenters. The fourth-order valence-electron chi connectivity index (χ4n) is 3.04. The van der Waals surface area contributed by atoms with Crippen LogP contribution in [0.5, 0.6) is 0 Å². The SMILES string of the molecule is Cc1cc(C(=O)OC(=O)c2ccc(C(=O)O)cc2Cl)ccc1C(=O)OC(=O)c1ccc(C(=O)O)cc1Cl. The van der Waals surface area contributed by atoms with Gasteiger partial charge >= 0.3 is 35.8 Å². The zero-order valence-corrected chi connectivity index (χ0v) is 20.1. The van der Waals surface area contributed by atoms with Gasteiger partial charge in [-0.05, 0) is 67.1 Å². The maximum Gasteiger partial charge on any atom is 0.347 e. The predicted octanol–water partition coefficient (Wildman–Crippen LogP) is 4.69. The molecule has 0 saturated heterocycles. The molecule has 3 rings (SSSR count). The van der Waals surface area contributed by atoms with Gasteiger partial charge in [0, 0.05) is 0 Å². The molecule has 3 aromatic carbocycles. The highest BCUT2D eigenvalue weighted by Gasteiger charge is 2.23. The van der Waals surface area contributed by atoms with Gasteiger partial charge in [0.15, 0.2) is 0 Å². The van der Waals surface area contributed by atoms with E-state index in [1.807, 2.05) is 0 Å². The second-order valence-corrected chi connectivity index (χ2v) is 8.20. The fourth-order valence-corrected chi connectivity index (χ4v) is 3.55. The molecule has 10 nitrogen and oxygen atoms in total. The largest absolute Gasteiger partial charge is 0.478 e. The lowest BCUT2D eigenvalue weighted by atomic mass is 10.1. The van der Waals surface area contributed by atoms with Gasteiger partial charge in [0.25, 0.3) is 0 Å². The summed E-state index contributed by atoms with van der Waals surface area (Å²) < 4.78 is 9.59. The number of rotatable bonds is 6. The molecule has 0 unspecified atom stereocenters. The monoisotopic (exact) mass is 544 g/mol. The van der Waals surface area contributed by atoms with E-state index in [9.17, 15) is 28.8 Å². The van der Waals surface area contributed by atoms with E-state index < -0.39 is 35.8 Å². The molecule has 0 aromatic heterocycles. The van der Waals surface area contributed by atoms with Crippen molar-refractivity contribution in [2.24, 2.45) is 0 Å². The molecule has 0 amide bonds. The molecule has 3 aromatic rings. The number of benzene rings is 3. The van der Waals surface area contributed by atoms with Gasteiger partial charge in [0.2, 0.25) is 0 Å². The summed E-state index contributed by atoms with van der Waals surface area (Å²) in [4.78, 5) is 71.5. The number of hydrogen-bond acceptors (Lipinski definition) is 8. The van der Waals surface area contributed by atoms with Crippen molar-refractivity contribution in [3.63, 3.8) is 0 Å². The number of halogens is 2. The molecule has 188 valence electrons. The molecular weight excluding hydrogens is 531 g/mol. The number of carbonyl (C=O) groups is 6. The maximum absolute atomic E-state index is 12.5. The molecule has 37 heavy (non-hydrogen) atoms. The number of carboxylic acids is 2. The third-order valence-corrected chi connectivity index (χ3v) is 5.55. The smallest absolute Gasteiger partial charge is 0.347 e. The zero-order valence-electron chi connectivity index (χ0n) is 18.6. The van der Waals surface area contributed by atoms with Crippen LogP contribution >= 0.6 is 23.2 Å². The Kier molecular flexibility index (Phi) is 8.06. The average Bonchev–Trinajstić information content (AvgIpc) is 2.83. The first-order valence-corrected chi connectivity index (χ1v) is 10.8. The number of esters is 4. The number of aromatic carboxylic acids is 2. The number of carbonyl (C=O) groups excluding carboxylic acids is 4. The van der Waals surface area contributed by atoms with E-state index in [1.54, 1.807) is 0 Å². The van der Waals surface area contributed by atoms with Gasteiger partial charge in [-0.1, -0.05) is 23.2 Å². The second kappa shape index (κ2) is 11.0. The molecule has 0 spiro atoms. The minimum atomic E-state index is -1.26. The highest BCUT2D eigenvalue weighted by Crippen LogP contribution is 2.22. The van der Waals surface area contributed by atoms with Crippen molar-refractivity contribution in [3.8, 4) is 0 Å². The number of aryl methyl sites for hydroxylation is 1. The van der Waals surface area contributed by atoms with Crippen LogP contribution in [-0.4, -0.2) is 46.0 Å². The Labute approximate surface area is 217 Å². The first kappa shape index (κ1) is 27.1. The number of ether oxygens (including phenoxy) is 2. The van der Waals surface area contributed by atoms with Crippen molar-refractivity contribution >= 4 is 59.0 Å². The van der Waals surface area contributed by atoms with Gasteiger partial charge in [-0.3, -0.25) is 0 Å². The lowest BCUT2D eigenvalue weighted by Gasteiger charge is -2.09. The third kappa shape index (κ3) is 6.18. The summed E-state index contributed by atoms with van der Waals surface area (Å²) in [6.45, 7) is 1.44. The van der Waals surface area contributed by atoms with Crippen LogP contribution in [0.1, 0.15) is 67.7 Å². The highest BCUT2D eigenvalue weighted by molar-refractivity contribution is 6.34. The topological polar surface area (TPSA) is 161 Å². The van der Waals surface area contributed by atoms with Crippen molar-refractivity contribution in [1.82, 2.24) is 0 Å². The molecule has 0 aliphatic heterocycles. The van der Waals surface area contributed by atoms with Crippen molar-refractivity contribution < 1.29 is 48.5 Å². The molecular formula is C25H14Cl2O10.